The van der Waals surface area contributed by atoms with E-state index in [0.717, 1.165) is 82.7 Å². The lowest BCUT2D eigenvalue weighted by Crippen LogP contribution is -2.57. The third-order valence-electron chi connectivity index (χ3n) is 7.65. The van der Waals surface area contributed by atoms with Gasteiger partial charge in [-0.2, -0.15) is 0 Å². The van der Waals surface area contributed by atoms with Gasteiger partial charge in [0.1, 0.15) is 0 Å². The van der Waals surface area contributed by atoms with Gasteiger partial charge < -0.3 is 14.5 Å². The maximum Gasteiger partial charge on any atom is 0.253 e. The number of benzene rings is 2. The molecule has 0 aromatic heterocycles. The molecule has 3 saturated heterocycles. The molecule has 0 N–H and O–H groups in total. The molecule has 2 aromatic carbocycles. The first-order valence-corrected chi connectivity index (χ1v) is 12.2. The van der Waals surface area contributed by atoms with Crippen LogP contribution in [0.15, 0.2) is 54.6 Å². The van der Waals surface area contributed by atoms with Gasteiger partial charge >= 0.3 is 0 Å². The molecule has 1 spiro atoms. The summed E-state index contributed by atoms with van der Waals surface area (Å²) in [6, 6.07) is 19.3. The molecular formula is C27H35N3O2. The van der Waals surface area contributed by atoms with Crippen LogP contribution in [0.2, 0.25) is 0 Å². The summed E-state index contributed by atoms with van der Waals surface area (Å²) in [4.78, 5) is 20.2. The van der Waals surface area contributed by atoms with Crippen LogP contribution in [0, 0.1) is 6.92 Å². The third kappa shape index (κ3) is 4.55. The van der Waals surface area contributed by atoms with E-state index in [4.69, 9.17) is 4.74 Å². The average molecular weight is 434 g/mol. The number of carbonyl (C=O) groups excluding carboxylic acids is 1. The summed E-state index contributed by atoms with van der Waals surface area (Å²) in [7, 11) is 0. The minimum absolute atomic E-state index is 0.0527. The van der Waals surface area contributed by atoms with Gasteiger partial charge in [-0.1, -0.05) is 35.9 Å². The molecule has 32 heavy (non-hydrogen) atoms. The second-order valence-electron chi connectivity index (χ2n) is 9.70. The molecule has 0 aliphatic carbocycles. The molecule has 1 atom stereocenters. The van der Waals surface area contributed by atoms with E-state index < -0.39 is 0 Å². The standard InChI is InChI=1S/C27H35N3O2/c1-22-6-5-7-23(20-22)26(31)30-13-11-27(12-14-30)21-25(10-19-32-27)29-17-15-28(16-18-29)24-8-3-2-4-9-24/h2-9,20,25H,10-19,21H2,1H3. The van der Waals surface area contributed by atoms with Gasteiger partial charge in [0.2, 0.25) is 0 Å². The van der Waals surface area contributed by atoms with Gasteiger partial charge in [-0.05, 0) is 56.9 Å². The summed E-state index contributed by atoms with van der Waals surface area (Å²) in [5.74, 6) is 0.160. The number of nitrogens with zero attached hydrogens (tertiary/aromatic N) is 3. The number of amides is 1. The topological polar surface area (TPSA) is 36.0 Å². The number of likely N-dealkylation sites (tertiary alicyclic amines) is 1. The van der Waals surface area contributed by atoms with Gasteiger partial charge in [-0.3, -0.25) is 9.69 Å². The number of anilines is 1. The Balaban J connectivity index is 1.16. The molecule has 2 aromatic rings. The van der Waals surface area contributed by atoms with Gasteiger partial charge in [-0.25, -0.2) is 0 Å². The summed E-state index contributed by atoms with van der Waals surface area (Å²) >= 11 is 0. The number of ether oxygens (including phenoxy) is 1. The van der Waals surface area contributed by atoms with E-state index in [2.05, 4.69) is 40.1 Å². The summed E-state index contributed by atoms with van der Waals surface area (Å²) in [6.45, 7) is 8.89. The minimum Gasteiger partial charge on any atom is -0.375 e. The molecule has 1 amide bonds. The number of carbonyl (C=O) groups is 1. The Labute approximate surface area is 191 Å². The largest absolute Gasteiger partial charge is 0.375 e. The Morgan fingerprint density at radius 3 is 2.41 bits per heavy atom. The Kier molecular flexibility index (Phi) is 6.20. The highest BCUT2D eigenvalue weighted by atomic mass is 16.5. The molecule has 3 aliphatic rings. The number of aryl methyl sites for hydroxylation is 1. The first-order chi connectivity index (χ1) is 15.6. The molecule has 5 rings (SSSR count). The van der Waals surface area contributed by atoms with Gasteiger partial charge in [0.25, 0.3) is 5.91 Å². The van der Waals surface area contributed by atoms with E-state index in [-0.39, 0.29) is 11.5 Å². The van der Waals surface area contributed by atoms with Crippen LogP contribution in [0.1, 0.15) is 41.6 Å². The SMILES string of the molecule is Cc1cccc(C(=O)N2CCC3(CC2)CC(N2CCN(c4ccccc4)CC2)CCO3)c1. The van der Waals surface area contributed by atoms with E-state index in [0.29, 0.717) is 6.04 Å². The van der Waals surface area contributed by atoms with Gasteiger partial charge in [0.05, 0.1) is 5.60 Å². The van der Waals surface area contributed by atoms with E-state index in [1.165, 1.54) is 5.69 Å². The lowest BCUT2D eigenvalue weighted by atomic mass is 9.81. The van der Waals surface area contributed by atoms with Crippen molar-refractivity contribution in [3.8, 4) is 0 Å². The molecule has 5 heteroatoms. The highest BCUT2D eigenvalue weighted by molar-refractivity contribution is 5.94. The number of rotatable bonds is 3. The van der Waals surface area contributed by atoms with Gasteiger partial charge in [0.15, 0.2) is 0 Å². The quantitative estimate of drug-likeness (QED) is 0.734. The lowest BCUT2D eigenvalue weighted by Gasteiger charge is -2.50. The highest BCUT2D eigenvalue weighted by Gasteiger charge is 2.43. The van der Waals surface area contributed by atoms with E-state index in [1.54, 1.807) is 0 Å². The van der Waals surface area contributed by atoms with Crippen molar-refractivity contribution in [2.45, 2.75) is 44.2 Å². The van der Waals surface area contributed by atoms with Crippen molar-refractivity contribution in [2.24, 2.45) is 0 Å². The second-order valence-corrected chi connectivity index (χ2v) is 9.70. The molecular weight excluding hydrogens is 398 g/mol. The summed E-state index contributed by atoms with van der Waals surface area (Å²) < 4.78 is 6.40. The van der Waals surface area contributed by atoms with Crippen LogP contribution in [0.5, 0.6) is 0 Å². The minimum atomic E-state index is -0.0527. The van der Waals surface area contributed by atoms with Crippen LogP contribution in [-0.2, 0) is 4.74 Å². The fraction of sp³-hybridized carbons (Fsp3) is 0.519. The van der Waals surface area contributed by atoms with Crippen LogP contribution < -0.4 is 4.90 Å². The molecule has 0 saturated carbocycles. The normalized spacial score (nSPS) is 24.0. The van der Waals surface area contributed by atoms with Crippen molar-refractivity contribution in [2.75, 3.05) is 50.8 Å². The van der Waals surface area contributed by atoms with Crippen molar-refractivity contribution in [3.63, 3.8) is 0 Å². The highest BCUT2D eigenvalue weighted by Crippen LogP contribution is 2.37. The van der Waals surface area contributed by atoms with Crippen molar-refractivity contribution in [1.29, 1.82) is 0 Å². The number of hydrogen-bond donors (Lipinski definition) is 0. The molecule has 3 heterocycles. The Morgan fingerprint density at radius 2 is 1.69 bits per heavy atom. The first-order valence-electron chi connectivity index (χ1n) is 12.2. The summed E-state index contributed by atoms with van der Waals surface area (Å²) in [5.41, 5.74) is 3.22. The van der Waals surface area contributed by atoms with Crippen LogP contribution in [0.4, 0.5) is 5.69 Å². The third-order valence-corrected chi connectivity index (χ3v) is 7.65. The summed E-state index contributed by atoms with van der Waals surface area (Å²) in [5, 5.41) is 0. The van der Waals surface area contributed by atoms with E-state index >= 15 is 0 Å². The maximum absolute atomic E-state index is 13.0. The number of piperazine rings is 1. The molecule has 0 radical (unpaired) electrons. The van der Waals surface area contributed by atoms with Crippen LogP contribution in [0.3, 0.4) is 0 Å². The predicted octanol–water partition coefficient (Wildman–Crippen LogP) is 3.97. The Bertz CT molecular complexity index is 916. The van der Waals surface area contributed by atoms with E-state index in [9.17, 15) is 4.79 Å². The zero-order valence-corrected chi connectivity index (χ0v) is 19.2. The molecule has 0 bridgehead atoms. The molecule has 1 unspecified atom stereocenters. The van der Waals surface area contributed by atoms with Crippen LogP contribution in [0.25, 0.3) is 0 Å². The first kappa shape index (κ1) is 21.5. The molecule has 170 valence electrons. The molecule has 3 fully saturated rings. The maximum atomic E-state index is 13.0. The number of hydrogen-bond acceptors (Lipinski definition) is 4. The monoisotopic (exact) mass is 433 g/mol. The summed E-state index contributed by atoms with van der Waals surface area (Å²) in [6.07, 6.45) is 4.12. The average Bonchev–Trinajstić information content (AvgIpc) is 2.85. The molecule has 5 nitrogen and oxygen atoms in total. The Hall–Kier alpha value is -2.37. The van der Waals surface area contributed by atoms with Crippen molar-refractivity contribution in [1.82, 2.24) is 9.80 Å². The van der Waals surface area contributed by atoms with Crippen molar-refractivity contribution >= 4 is 11.6 Å². The smallest absolute Gasteiger partial charge is 0.253 e. The van der Waals surface area contributed by atoms with Gasteiger partial charge in [0, 0.05) is 63.2 Å². The fourth-order valence-corrected chi connectivity index (χ4v) is 5.72. The molecule has 3 aliphatic heterocycles. The van der Waals surface area contributed by atoms with Crippen LogP contribution >= 0.6 is 0 Å². The zero-order chi connectivity index (χ0) is 22.0. The van der Waals surface area contributed by atoms with Crippen LogP contribution in [-0.4, -0.2) is 73.2 Å². The Morgan fingerprint density at radius 1 is 0.938 bits per heavy atom. The van der Waals surface area contributed by atoms with Gasteiger partial charge in [-0.15, -0.1) is 0 Å². The second kappa shape index (κ2) is 9.24. The predicted molar refractivity (Wildman–Crippen MR) is 128 cm³/mol. The zero-order valence-electron chi connectivity index (χ0n) is 19.2. The number of para-hydroxylation sites is 1. The fourth-order valence-electron chi connectivity index (χ4n) is 5.72. The van der Waals surface area contributed by atoms with Crippen molar-refractivity contribution in [3.05, 3.63) is 65.7 Å². The van der Waals surface area contributed by atoms with Crippen molar-refractivity contribution < 1.29 is 9.53 Å². The number of piperidine rings is 1. The lowest BCUT2D eigenvalue weighted by molar-refractivity contribution is -0.130. The van der Waals surface area contributed by atoms with E-state index in [1.807, 2.05) is 36.1 Å².